The van der Waals surface area contributed by atoms with E-state index < -0.39 is 0 Å². The molecule has 0 aromatic heterocycles. The molecule has 2 rings (SSSR count). The molecule has 0 heterocycles. The number of nitrogens with two attached hydrogens (primary N) is 1. The van der Waals surface area contributed by atoms with Gasteiger partial charge in [0.25, 0.3) is 0 Å². The number of hydrogen-bond acceptors (Lipinski definition) is 2. The van der Waals surface area contributed by atoms with Crippen molar-refractivity contribution in [2.24, 2.45) is 5.73 Å². The van der Waals surface area contributed by atoms with E-state index in [-0.39, 0.29) is 6.04 Å². The second kappa shape index (κ2) is 6.24. The Bertz CT molecular complexity index is 555. The molecule has 0 aliphatic carbocycles. The molecular formula is C14H13Br2NS. The van der Waals surface area contributed by atoms with Crippen LogP contribution in [0.3, 0.4) is 0 Å². The topological polar surface area (TPSA) is 26.0 Å². The highest BCUT2D eigenvalue weighted by atomic mass is 79.9. The van der Waals surface area contributed by atoms with Gasteiger partial charge in [0.2, 0.25) is 0 Å². The Balaban J connectivity index is 2.28. The van der Waals surface area contributed by atoms with Gasteiger partial charge in [-0.3, -0.25) is 0 Å². The predicted octanol–water partition coefficient (Wildman–Crippen LogP) is 5.38. The summed E-state index contributed by atoms with van der Waals surface area (Å²) in [4.78, 5) is 2.39. The number of halogens is 2. The van der Waals surface area contributed by atoms with Crippen molar-refractivity contribution < 1.29 is 0 Å². The molecule has 18 heavy (non-hydrogen) atoms. The molecule has 1 nitrogen and oxygen atoms in total. The first-order chi connectivity index (χ1) is 8.58. The Morgan fingerprint density at radius 1 is 1.00 bits per heavy atom. The van der Waals surface area contributed by atoms with Crippen LogP contribution in [0.4, 0.5) is 0 Å². The van der Waals surface area contributed by atoms with E-state index in [0.29, 0.717) is 0 Å². The van der Waals surface area contributed by atoms with Gasteiger partial charge in [-0.25, -0.2) is 0 Å². The van der Waals surface area contributed by atoms with Gasteiger partial charge in [-0.2, -0.15) is 0 Å². The monoisotopic (exact) mass is 385 g/mol. The summed E-state index contributed by atoms with van der Waals surface area (Å²) in [6.45, 7) is 1.99. The number of rotatable bonds is 3. The maximum Gasteiger partial charge on any atom is 0.0318 e. The van der Waals surface area contributed by atoms with Crippen LogP contribution >= 0.6 is 43.6 Å². The van der Waals surface area contributed by atoms with Gasteiger partial charge in [0.15, 0.2) is 0 Å². The first-order valence-corrected chi connectivity index (χ1v) is 7.95. The van der Waals surface area contributed by atoms with Gasteiger partial charge >= 0.3 is 0 Å². The molecular weight excluding hydrogens is 374 g/mol. The fraction of sp³-hybridized carbons (Fsp3) is 0.143. The first kappa shape index (κ1) is 14.1. The standard InChI is InChI=1S/C14H13Br2NS/c1-9(17)10-6-7-14(12(16)8-10)18-13-5-3-2-4-11(13)15/h2-9H,17H2,1H3/t9-/m0/s1. The lowest BCUT2D eigenvalue weighted by Crippen LogP contribution is -2.04. The second-order valence-corrected chi connectivity index (χ2v) is 6.80. The Morgan fingerprint density at radius 2 is 1.67 bits per heavy atom. The highest BCUT2D eigenvalue weighted by molar-refractivity contribution is 9.11. The van der Waals surface area contributed by atoms with E-state index in [0.717, 1.165) is 14.5 Å². The Kier molecular flexibility index (Phi) is 4.90. The van der Waals surface area contributed by atoms with Crippen molar-refractivity contribution in [3.63, 3.8) is 0 Å². The molecule has 0 unspecified atom stereocenters. The molecule has 1 atom stereocenters. The van der Waals surface area contributed by atoms with Crippen LogP contribution in [0.2, 0.25) is 0 Å². The minimum atomic E-state index is 0.0591. The third-order valence-electron chi connectivity index (χ3n) is 2.54. The van der Waals surface area contributed by atoms with Crippen LogP contribution in [0.1, 0.15) is 18.5 Å². The molecule has 0 fully saturated rings. The molecule has 2 N–H and O–H groups in total. The van der Waals surface area contributed by atoms with Gasteiger partial charge in [0.05, 0.1) is 0 Å². The summed E-state index contributed by atoms with van der Waals surface area (Å²) >= 11 is 8.89. The zero-order chi connectivity index (χ0) is 13.1. The first-order valence-electron chi connectivity index (χ1n) is 5.55. The number of hydrogen-bond donors (Lipinski definition) is 1. The normalized spacial score (nSPS) is 12.4. The van der Waals surface area contributed by atoms with E-state index >= 15 is 0 Å². The van der Waals surface area contributed by atoms with Gasteiger partial charge in [0.1, 0.15) is 0 Å². The lowest BCUT2D eigenvalue weighted by molar-refractivity contribution is 0.815. The molecule has 2 aromatic rings. The number of benzene rings is 2. The maximum atomic E-state index is 5.87. The molecule has 4 heteroatoms. The van der Waals surface area contributed by atoms with Crippen molar-refractivity contribution in [3.8, 4) is 0 Å². The molecule has 0 saturated heterocycles. The summed E-state index contributed by atoms with van der Waals surface area (Å²) in [7, 11) is 0. The quantitative estimate of drug-likeness (QED) is 0.765. The molecule has 0 saturated carbocycles. The zero-order valence-corrected chi connectivity index (χ0v) is 13.8. The average Bonchev–Trinajstić information content (AvgIpc) is 2.34. The van der Waals surface area contributed by atoms with Crippen molar-refractivity contribution in [2.45, 2.75) is 22.8 Å². The SMILES string of the molecule is C[C@H](N)c1ccc(Sc2ccccc2Br)c(Br)c1. The van der Waals surface area contributed by atoms with Crippen molar-refractivity contribution in [1.82, 2.24) is 0 Å². The van der Waals surface area contributed by atoms with Gasteiger partial charge in [0, 0.05) is 24.8 Å². The van der Waals surface area contributed by atoms with Gasteiger partial charge in [-0.1, -0.05) is 30.0 Å². The van der Waals surface area contributed by atoms with E-state index in [9.17, 15) is 0 Å². The minimum absolute atomic E-state index is 0.0591. The molecule has 2 aromatic carbocycles. The minimum Gasteiger partial charge on any atom is -0.324 e. The van der Waals surface area contributed by atoms with Crippen molar-refractivity contribution in [1.29, 1.82) is 0 Å². The fourth-order valence-electron chi connectivity index (χ4n) is 1.53. The molecule has 0 spiro atoms. The molecule has 94 valence electrons. The summed E-state index contributed by atoms with van der Waals surface area (Å²) in [6, 6.07) is 14.5. The van der Waals surface area contributed by atoms with Crippen LogP contribution < -0.4 is 5.73 Å². The van der Waals surface area contributed by atoms with Crippen LogP contribution in [-0.4, -0.2) is 0 Å². The van der Waals surface area contributed by atoms with Crippen LogP contribution in [0.25, 0.3) is 0 Å². The lowest BCUT2D eigenvalue weighted by atomic mass is 10.1. The highest BCUT2D eigenvalue weighted by Gasteiger charge is 2.07. The maximum absolute atomic E-state index is 5.87. The lowest BCUT2D eigenvalue weighted by Gasteiger charge is -2.10. The van der Waals surface area contributed by atoms with Crippen LogP contribution in [0.5, 0.6) is 0 Å². The Labute approximate surface area is 128 Å². The predicted molar refractivity (Wildman–Crippen MR) is 85.0 cm³/mol. The van der Waals surface area contributed by atoms with Crippen molar-refractivity contribution in [2.75, 3.05) is 0 Å². The fourth-order valence-corrected chi connectivity index (χ4v) is 3.54. The van der Waals surface area contributed by atoms with E-state index in [1.54, 1.807) is 11.8 Å². The van der Waals surface area contributed by atoms with E-state index in [4.69, 9.17) is 5.73 Å². The summed E-state index contributed by atoms with van der Waals surface area (Å²) < 4.78 is 2.19. The summed E-state index contributed by atoms with van der Waals surface area (Å²) in [5.41, 5.74) is 7.01. The summed E-state index contributed by atoms with van der Waals surface area (Å²) in [5, 5.41) is 0. The Morgan fingerprint density at radius 3 is 2.28 bits per heavy atom. The third-order valence-corrected chi connectivity index (χ3v) is 5.56. The zero-order valence-electron chi connectivity index (χ0n) is 9.86. The van der Waals surface area contributed by atoms with Crippen LogP contribution in [-0.2, 0) is 0 Å². The smallest absolute Gasteiger partial charge is 0.0318 e. The van der Waals surface area contributed by atoms with E-state index in [1.807, 2.05) is 25.1 Å². The second-order valence-electron chi connectivity index (χ2n) is 4.01. The van der Waals surface area contributed by atoms with Crippen LogP contribution in [0.15, 0.2) is 61.2 Å². The summed E-state index contributed by atoms with van der Waals surface area (Å²) in [5.74, 6) is 0. The van der Waals surface area contributed by atoms with Crippen molar-refractivity contribution in [3.05, 3.63) is 57.0 Å². The van der Waals surface area contributed by atoms with E-state index in [1.165, 1.54) is 9.79 Å². The van der Waals surface area contributed by atoms with Crippen molar-refractivity contribution >= 4 is 43.6 Å². The van der Waals surface area contributed by atoms with Gasteiger partial charge in [-0.15, -0.1) is 0 Å². The largest absolute Gasteiger partial charge is 0.324 e. The average molecular weight is 387 g/mol. The highest BCUT2D eigenvalue weighted by Crippen LogP contribution is 2.37. The third kappa shape index (κ3) is 3.38. The van der Waals surface area contributed by atoms with Gasteiger partial charge < -0.3 is 5.73 Å². The van der Waals surface area contributed by atoms with E-state index in [2.05, 4.69) is 56.1 Å². The molecule has 0 bridgehead atoms. The molecule has 0 radical (unpaired) electrons. The molecule has 0 amide bonds. The summed E-state index contributed by atoms with van der Waals surface area (Å²) in [6.07, 6.45) is 0. The Hall–Kier alpha value is -0.290. The van der Waals surface area contributed by atoms with Gasteiger partial charge in [-0.05, 0) is 68.6 Å². The van der Waals surface area contributed by atoms with Crippen LogP contribution in [0, 0.1) is 0 Å². The molecule has 0 aliphatic heterocycles. The molecule has 0 aliphatic rings.